The fourth-order valence-corrected chi connectivity index (χ4v) is 6.02. The summed E-state index contributed by atoms with van der Waals surface area (Å²) in [7, 11) is 3.18. The van der Waals surface area contributed by atoms with Crippen LogP contribution in [0.4, 0.5) is 14.9 Å². The predicted molar refractivity (Wildman–Crippen MR) is 138 cm³/mol. The number of aliphatic hydroxyl groups excluding tert-OH is 1. The predicted octanol–water partition coefficient (Wildman–Crippen LogP) is 4.07. The van der Waals surface area contributed by atoms with E-state index < -0.39 is 11.5 Å². The van der Waals surface area contributed by atoms with Crippen molar-refractivity contribution in [3.05, 3.63) is 42.3 Å². The number of carbonyl (C=O) groups excluding carboxylic acids is 2. The highest BCUT2D eigenvalue weighted by atomic mass is 19.1. The molecule has 1 aromatic heterocycles. The van der Waals surface area contributed by atoms with Crippen LogP contribution in [0.1, 0.15) is 44.9 Å². The van der Waals surface area contributed by atoms with Crippen molar-refractivity contribution < 1.29 is 23.8 Å². The van der Waals surface area contributed by atoms with Crippen molar-refractivity contribution in [3.63, 3.8) is 0 Å². The molecule has 1 aromatic carbocycles. The third kappa shape index (κ3) is 5.14. The Morgan fingerprint density at radius 2 is 1.86 bits per heavy atom. The first-order chi connectivity index (χ1) is 17.8. The second kappa shape index (κ2) is 10.3. The van der Waals surface area contributed by atoms with E-state index in [0.717, 1.165) is 51.5 Å². The van der Waals surface area contributed by atoms with Gasteiger partial charge in [-0.3, -0.25) is 4.79 Å². The number of carbonyl (C=O) groups is 2. The number of halogens is 1. The fraction of sp³-hybridized carbons (Fsp3) is 0.536. The smallest absolute Gasteiger partial charge is 0.393 e. The molecule has 0 unspecified atom stereocenters. The van der Waals surface area contributed by atoms with Crippen LogP contribution in [0.15, 0.2) is 36.5 Å². The number of piperidine rings is 1. The minimum atomic E-state index is -0.517. The monoisotopic (exact) mass is 510 g/mol. The van der Waals surface area contributed by atoms with E-state index in [1.165, 1.54) is 11.0 Å². The number of amides is 2. The summed E-state index contributed by atoms with van der Waals surface area (Å²) in [5, 5.41) is 9.85. The quantitative estimate of drug-likeness (QED) is 0.668. The van der Waals surface area contributed by atoms with Crippen LogP contribution in [0.25, 0.3) is 11.1 Å². The molecule has 0 bridgehead atoms. The summed E-state index contributed by atoms with van der Waals surface area (Å²) in [5.74, 6) is 0.0517. The van der Waals surface area contributed by atoms with Gasteiger partial charge in [0.2, 0.25) is 11.8 Å². The summed E-state index contributed by atoms with van der Waals surface area (Å²) >= 11 is 0. The molecular formula is C28H35FN4O4. The highest BCUT2D eigenvalue weighted by Crippen LogP contribution is 2.44. The molecule has 1 N–H and O–H groups in total. The normalized spacial score (nSPS) is 26.0. The van der Waals surface area contributed by atoms with Gasteiger partial charge in [-0.15, -0.1) is 0 Å². The molecule has 2 aliphatic heterocycles. The summed E-state index contributed by atoms with van der Waals surface area (Å²) in [5.41, 5.74) is 1.45. The van der Waals surface area contributed by atoms with E-state index in [9.17, 15) is 14.7 Å². The minimum absolute atomic E-state index is 0.179. The molecule has 3 heterocycles. The van der Waals surface area contributed by atoms with Crippen molar-refractivity contribution in [2.24, 2.45) is 5.41 Å². The number of rotatable bonds is 4. The molecule has 5 rings (SSSR count). The number of pyridine rings is 1. The molecule has 1 aliphatic carbocycles. The average molecular weight is 511 g/mol. The molecule has 0 radical (unpaired) electrons. The van der Waals surface area contributed by atoms with Gasteiger partial charge < -0.3 is 24.5 Å². The van der Waals surface area contributed by atoms with Crippen LogP contribution in [0.5, 0.6) is 5.88 Å². The maximum Gasteiger partial charge on any atom is 0.416 e. The molecule has 9 heteroatoms. The van der Waals surface area contributed by atoms with Crippen LogP contribution in [-0.2, 0) is 4.79 Å². The molecular weight excluding hydrogens is 475 g/mol. The lowest BCUT2D eigenvalue weighted by molar-refractivity contribution is -0.139. The first-order valence-electron chi connectivity index (χ1n) is 13.1. The first-order valence-corrected chi connectivity index (χ1v) is 13.1. The zero-order chi connectivity index (χ0) is 26.2. The summed E-state index contributed by atoms with van der Waals surface area (Å²) in [6, 6.07) is 8.68. The van der Waals surface area contributed by atoms with Crippen LogP contribution < -0.4 is 9.64 Å². The zero-order valence-electron chi connectivity index (χ0n) is 21.5. The summed E-state index contributed by atoms with van der Waals surface area (Å²) < 4.78 is 20.5. The van der Waals surface area contributed by atoms with Crippen LogP contribution in [0, 0.1) is 11.2 Å². The van der Waals surface area contributed by atoms with Crippen molar-refractivity contribution in [1.82, 2.24) is 14.8 Å². The molecule has 1 atom stereocenters. The molecule has 37 heavy (non-hydrogen) atoms. The third-order valence-electron chi connectivity index (χ3n) is 8.14. The number of aromatic nitrogens is 1. The van der Waals surface area contributed by atoms with E-state index in [4.69, 9.17) is 4.74 Å². The van der Waals surface area contributed by atoms with Gasteiger partial charge in [-0.05, 0) is 68.7 Å². The number of hydrogen-bond donors (Lipinski definition) is 1. The molecule has 198 valence electrons. The molecule has 2 saturated heterocycles. The SMILES string of the molecule is CN(C)C(=O)Oc1ccc(-c2ccc(N3CCC[C@]4(CCN(C5CCC(O)CC5)C4=O)C3)c(F)c2)cn1. The van der Waals surface area contributed by atoms with E-state index in [1.54, 1.807) is 38.5 Å². The Kier molecular flexibility index (Phi) is 7.07. The van der Waals surface area contributed by atoms with Crippen LogP contribution in [0.3, 0.4) is 0 Å². The van der Waals surface area contributed by atoms with Gasteiger partial charge in [0.25, 0.3) is 0 Å². The lowest BCUT2D eigenvalue weighted by atomic mass is 9.78. The van der Waals surface area contributed by atoms with Crippen molar-refractivity contribution >= 4 is 17.7 Å². The van der Waals surface area contributed by atoms with Crippen LogP contribution in [-0.4, -0.2) is 77.8 Å². The topological polar surface area (TPSA) is 86.2 Å². The Balaban J connectivity index is 1.28. The van der Waals surface area contributed by atoms with Crippen molar-refractivity contribution in [2.75, 3.05) is 38.6 Å². The summed E-state index contributed by atoms with van der Waals surface area (Å²) in [4.78, 5) is 34.8. The third-order valence-corrected chi connectivity index (χ3v) is 8.14. The summed E-state index contributed by atoms with van der Waals surface area (Å²) in [6.45, 7) is 2.00. The van der Waals surface area contributed by atoms with Gasteiger partial charge in [0, 0.05) is 57.6 Å². The maximum atomic E-state index is 15.4. The van der Waals surface area contributed by atoms with Gasteiger partial charge in [0.1, 0.15) is 5.82 Å². The Bertz CT molecular complexity index is 1150. The number of hydrogen-bond acceptors (Lipinski definition) is 6. The second-order valence-corrected chi connectivity index (χ2v) is 10.8. The molecule has 2 amide bonds. The first kappa shape index (κ1) is 25.4. The lowest BCUT2D eigenvalue weighted by Gasteiger charge is -2.41. The highest BCUT2D eigenvalue weighted by molar-refractivity contribution is 5.86. The number of ether oxygens (including phenoxy) is 1. The number of aliphatic hydroxyl groups is 1. The zero-order valence-corrected chi connectivity index (χ0v) is 21.5. The fourth-order valence-electron chi connectivity index (χ4n) is 6.02. The van der Waals surface area contributed by atoms with E-state index in [-0.39, 0.29) is 29.8 Å². The lowest BCUT2D eigenvalue weighted by Crippen LogP contribution is -2.50. The van der Waals surface area contributed by atoms with Gasteiger partial charge in [-0.25, -0.2) is 14.2 Å². The van der Waals surface area contributed by atoms with Crippen LogP contribution >= 0.6 is 0 Å². The van der Waals surface area contributed by atoms with E-state index in [2.05, 4.69) is 4.98 Å². The molecule has 8 nitrogen and oxygen atoms in total. The minimum Gasteiger partial charge on any atom is -0.393 e. The van der Waals surface area contributed by atoms with Gasteiger partial charge in [0.15, 0.2) is 0 Å². The largest absolute Gasteiger partial charge is 0.416 e. The Morgan fingerprint density at radius 1 is 1.11 bits per heavy atom. The average Bonchev–Trinajstić information content (AvgIpc) is 3.19. The van der Waals surface area contributed by atoms with E-state index in [0.29, 0.717) is 29.9 Å². The molecule has 1 spiro atoms. The Labute approximate surface area is 217 Å². The number of benzene rings is 1. The second-order valence-electron chi connectivity index (χ2n) is 10.8. The van der Waals surface area contributed by atoms with Gasteiger partial charge in [0.05, 0.1) is 17.2 Å². The molecule has 3 aliphatic rings. The molecule has 1 saturated carbocycles. The van der Waals surface area contributed by atoms with Gasteiger partial charge >= 0.3 is 6.09 Å². The standard InChI is InChI=1S/C28H35FN4O4/c1-31(2)27(36)37-25-11-5-20(17-30-25)19-4-10-24(23(29)16-19)32-14-3-12-28(18-32)13-15-33(26(28)35)21-6-8-22(34)9-7-21/h4-5,10-11,16-17,21-22,34H,3,6-9,12-15,18H2,1-2H3/t21?,22?,28-/m0/s1. The molecule has 3 fully saturated rings. The Morgan fingerprint density at radius 3 is 2.54 bits per heavy atom. The number of nitrogens with zero attached hydrogens (tertiary/aromatic N) is 4. The highest BCUT2D eigenvalue weighted by Gasteiger charge is 2.50. The van der Waals surface area contributed by atoms with Crippen molar-refractivity contribution in [2.45, 2.75) is 57.1 Å². The number of anilines is 1. The van der Waals surface area contributed by atoms with Gasteiger partial charge in [-0.2, -0.15) is 0 Å². The summed E-state index contributed by atoms with van der Waals surface area (Å²) in [6.07, 6.45) is 6.51. The van der Waals surface area contributed by atoms with Crippen molar-refractivity contribution in [3.8, 4) is 17.0 Å². The van der Waals surface area contributed by atoms with E-state index >= 15 is 4.39 Å². The number of likely N-dealkylation sites (tertiary alicyclic amines) is 1. The van der Waals surface area contributed by atoms with Crippen molar-refractivity contribution in [1.29, 1.82) is 0 Å². The van der Waals surface area contributed by atoms with Gasteiger partial charge in [-0.1, -0.05) is 6.07 Å². The maximum absolute atomic E-state index is 15.4. The van der Waals surface area contributed by atoms with E-state index in [1.807, 2.05) is 15.9 Å². The molecule has 2 aromatic rings. The Hall–Kier alpha value is -3.20. The van der Waals surface area contributed by atoms with Crippen LogP contribution in [0.2, 0.25) is 0 Å².